The maximum absolute atomic E-state index is 12.3. The number of nitrogens with one attached hydrogen (secondary N) is 1. The van der Waals surface area contributed by atoms with Crippen molar-refractivity contribution in [1.82, 2.24) is 14.8 Å². The van der Waals surface area contributed by atoms with Crippen molar-refractivity contribution in [2.24, 2.45) is 0 Å². The van der Waals surface area contributed by atoms with Crippen molar-refractivity contribution in [3.05, 3.63) is 33.8 Å². The molecule has 1 N–H and O–H groups in total. The second kappa shape index (κ2) is 7.45. The molecular formula is C19H24ClN3O3. The topological polar surface area (TPSA) is 67.5 Å². The number of carbonyl (C=O) groups is 1. The monoisotopic (exact) mass is 377 g/mol. The van der Waals surface area contributed by atoms with E-state index in [4.69, 9.17) is 16.0 Å². The lowest BCUT2D eigenvalue weighted by Gasteiger charge is -2.32. The fourth-order valence-electron chi connectivity index (χ4n) is 4.23. The van der Waals surface area contributed by atoms with Crippen molar-refractivity contribution < 1.29 is 9.21 Å². The molecule has 0 radical (unpaired) electrons. The third kappa shape index (κ3) is 3.67. The predicted molar refractivity (Wildman–Crippen MR) is 101 cm³/mol. The van der Waals surface area contributed by atoms with Gasteiger partial charge in [-0.2, -0.15) is 0 Å². The summed E-state index contributed by atoms with van der Waals surface area (Å²) in [5, 5.41) is 3.73. The van der Waals surface area contributed by atoms with Crippen LogP contribution in [0.1, 0.15) is 44.6 Å². The van der Waals surface area contributed by atoms with Crippen molar-refractivity contribution in [2.75, 3.05) is 19.6 Å². The number of carbonyl (C=O) groups excluding carboxylic acids is 1. The van der Waals surface area contributed by atoms with E-state index in [0.29, 0.717) is 23.2 Å². The first-order valence-electron chi connectivity index (χ1n) is 9.42. The number of benzene rings is 1. The van der Waals surface area contributed by atoms with Crippen LogP contribution >= 0.6 is 11.6 Å². The molecule has 1 aliphatic carbocycles. The van der Waals surface area contributed by atoms with Gasteiger partial charge in [-0.3, -0.25) is 14.3 Å². The van der Waals surface area contributed by atoms with E-state index in [2.05, 4.69) is 10.2 Å². The van der Waals surface area contributed by atoms with Gasteiger partial charge in [0.15, 0.2) is 5.58 Å². The van der Waals surface area contributed by atoms with Crippen molar-refractivity contribution in [1.29, 1.82) is 0 Å². The van der Waals surface area contributed by atoms with Crippen LogP contribution in [-0.2, 0) is 4.79 Å². The fourth-order valence-corrected chi connectivity index (χ4v) is 4.40. The van der Waals surface area contributed by atoms with Gasteiger partial charge in [0.2, 0.25) is 5.91 Å². The lowest BCUT2D eigenvalue weighted by Crippen LogP contribution is -2.44. The van der Waals surface area contributed by atoms with Crippen LogP contribution in [0.15, 0.2) is 27.4 Å². The number of halogens is 1. The molecule has 1 saturated heterocycles. The van der Waals surface area contributed by atoms with E-state index in [1.807, 2.05) is 0 Å². The number of amides is 1. The molecule has 7 heteroatoms. The third-order valence-electron chi connectivity index (χ3n) is 5.58. The number of nitrogens with zero attached hydrogens (tertiary/aromatic N) is 2. The molecule has 26 heavy (non-hydrogen) atoms. The second-order valence-corrected chi connectivity index (χ2v) is 7.84. The SMILES string of the molecule is O=C(CN1CCC(n2c(=O)oc3ccc(Cl)cc32)CC1)NC1CCCC1. The van der Waals surface area contributed by atoms with Crippen molar-refractivity contribution in [3.8, 4) is 0 Å². The summed E-state index contributed by atoms with van der Waals surface area (Å²) in [7, 11) is 0. The van der Waals surface area contributed by atoms with E-state index < -0.39 is 0 Å². The first-order valence-corrected chi connectivity index (χ1v) is 9.80. The zero-order valence-electron chi connectivity index (χ0n) is 14.7. The Bertz CT molecular complexity index is 845. The molecule has 0 unspecified atom stereocenters. The summed E-state index contributed by atoms with van der Waals surface area (Å²) in [5.41, 5.74) is 1.32. The summed E-state index contributed by atoms with van der Waals surface area (Å²) >= 11 is 6.08. The Morgan fingerprint density at radius 3 is 2.65 bits per heavy atom. The zero-order chi connectivity index (χ0) is 18.1. The molecule has 0 spiro atoms. The van der Waals surface area contributed by atoms with E-state index in [-0.39, 0.29) is 17.7 Å². The molecule has 1 aromatic heterocycles. The Labute approximate surface area is 157 Å². The molecular weight excluding hydrogens is 354 g/mol. The highest BCUT2D eigenvalue weighted by atomic mass is 35.5. The Morgan fingerprint density at radius 2 is 1.92 bits per heavy atom. The predicted octanol–water partition coefficient (Wildman–Crippen LogP) is 2.94. The van der Waals surface area contributed by atoms with E-state index in [1.165, 1.54) is 12.8 Å². The van der Waals surface area contributed by atoms with Gasteiger partial charge in [0.1, 0.15) is 0 Å². The average molecular weight is 378 g/mol. The summed E-state index contributed by atoms with van der Waals surface area (Å²) in [4.78, 5) is 26.7. The minimum atomic E-state index is -0.334. The molecule has 2 aliphatic rings. The minimum absolute atomic E-state index is 0.0800. The van der Waals surface area contributed by atoms with Crippen LogP contribution in [0.2, 0.25) is 5.02 Å². The van der Waals surface area contributed by atoms with Gasteiger partial charge in [-0.15, -0.1) is 0 Å². The summed E-state index contributed by atoms with van der Waals surface area (Å²) in [6.45, 7) is 2.03. The van der Waals surface area contributed by atoms with Gasteiger partial charge in [-0.1, -0.05) is 24.4 Å². The van der Waals surface area contributed by atoms with Gasteiger partial charge in [0.05, 0.1) is 12.1 Å². The Kier molecular flexibility index (Phi) is 5.05. The molecule has 1 aromatic carbocycles. The standard InChI is InChI=1S/C19H24ClN3O3/c20-13-5-6-17-16(11-13)23(19(25)26-17)15-7-9-22(10-8-15)12-18(24)21-14-3-1-2-4-14/h5-6,11,14-15H,1-4,7-10,12H2,(H,21,24). The Hall–Kier alpha value is -1.79. The van der Waals surface area contributed by atoms with E-state index in [9.17, 15) is 9.59 Å². The number of hydrogen-bond acceptors (Lipinski definition) is 4. The zero-order valence-corrected chi connectivity index (χ0v) is 15.5. The van der Waals surface area contributed by atoms with Crippen LogP contribution in [-0.4, -0.2) is 41.1 Å². The number of likely N-dealkylation sites (tertiary alicyclic amines) is 1. The Morgan fingerprint density at radius 1 is 1.19 bits per heavy atom. The van der Waals surface area contributed by atoms with Gasteiger partial charge in [-0.05, 0) is 43.9 Å². The summed E-state index contributed by atoms with van der Waals surface area (Å²) in [6, 6.07) is 5.68. The highest BCUT2D eigenvalue weighted by Gasteiger charge is 2.26. The van der Waals surface area contributed by atoms with Crippen LogP contribution in [0, 0.1) is 0 Å². The fraction of sp³-hybridized carbons (Fsp3) is 0.579. The number of piperidine rings is 1. The molecule has 0 bridgehead atoms. The summed E-state index contributed by atoms with van der Waals surface area (Å²) in [5.74, 6) is -0.215. The number of rotatable bonds is 4. The number of aromatic nitrogens is 1. The van der Waals surface area contributed by atoms with Gasteiger partial charge < -0.3 is 9.73 Å². The van der Waals surface area contributed by atoms with Crippen LogP contribution in [0.5, 0.6) is 0 Å². The van der Waals surface area contributed by atoms with E-state index in [1.54, 1.807) is 22.8 Å². The average Bonchev–Trinajstić information content (AvgIpc) is 3.22. The van der Waals surface area contributed by atoms with E-state index in [0.717, 1.165) is 44.3 Å². The molecule has 140 valence electrons. The molecule has 4 rings (SSSR count). The van der Waals surface area contributed by atoms with Crippen molar-refractivity contribution in [2.45, 2.75) is 50.6 Å². The molecule has 1 saturated carbocycles. The molecule has 6 nitrogen and oxygen atoms in total. The second-order valence-electron chi connectivity index (χ2n) is 7.41. The number of hydrogen-bond donors (Lipinski definition) is 1. The first-order chi connectivity index (χ1) is 12.6. The van der Waals surface area contributed by atoms with E-state index >= 15 is 0 Å². The quantitative estimate of drug-likeness (QED) is 0.889. The number of fused-ring (bicyclic) bond motifs is 1. The molecule has 2 heterocycles. The van der Waals surface area contributed by atoms with Crippen LogP contribution in [0.4, 0.5) is 0 Å². The third-order valence-corrected chi connectivity index (χ3v) is 5.82. The van der Waals surface area contributed by atoms with Gasteiger partial charge in [0.25, 0.3) is 0 Å². The van der Waals surface area contributed by atoms with Crippen LogP contribution in [0.3, 0.4) is 0 Å². The molecule has 2 aromatic rings. The van der Waals surface area contributed by atoms with Crippen LogP contribution in [0.25, 0.3) is 11.1 Å². The van der Waals surface area contributed by atoms with Gasteiger partial charge in [0, 0.05) is 30.2 Å². The molecule has 1 amide bonds. The van der Waals surface area contributed by atoms with Crippen molar-refractivity contribution in [3.63, 3.8) is 0 Å². The van der Waals surface area contributed by atoms with Crippen LogP contribution < -0.4 is 11.1 Å². The normalized spacial score (nSPS) is 20.0. The minimum Gasteiger partial charge on any atom is -0.408 e. The Balaban J connectivity index is 1.38. The highest BCUT2D eigenvalue weighted by Crippen LogP contribution is 2.27. The van der Waals surface area contributed by atoms with Crippen molar-refractivity contribution >= 4 is 28.6 Å². The molecule has 0 atom stereocenters. The van der Waals surface area contributed by atoms with Gasteiger partial charge >= 0.3 is 5.76 Å². The summed E-state index contributed by atoms with van der Waals surface area (Å²) < 4.78 is 7.06. The highest BCUT2D eigenvalue weighted by molar-refractivity contribution is 6.31. The maximum Gasteiger partial charge on any atom is 0.420 e. The number of oxazole rings is 1. The lowest BCUT2D eigenvalue weighted by atomic mass is 10.0. The summed E-state index contributed by atoms with van der Waals surface area (Å²) in [6.07, 6.45) is 6.27. The molecule has 2 fully saturated rings. The molecule has 1 aliphatic heterocycles. The van der Waals surface area contributed by atoms with Gasteiger partial charge in [-0.25, -0.2) is 4.79 Å². The lowest BCUT2D eigenvalue weighted by molar-refractivity contribution is -0.123. The maximum atomic E-state index is 12.3. The largest absolute Gasteiger partial charge is 0.420 e. The first kappa shape index (κ1) is 17.6. The smallest absolute Gasteiger partial charge is 0.408 e.